The van der Waals surface area contributed by atoms with Gasteiger partial charge in [-0.1, -0.05) is 6.08 Å². The second kappa shape index (κ2) is 6.19. The van der Waals surface area contributed by atoms with E-state index in [1.54, 1.807) is 11.3 Å². The van der Waals surface area contributed by atoms with Crippen LogP contribution in [-0.4, -0.2) is 0 Å². The molecule has 74 valence electrons. The highest BCUT2D eigenvalue weighted by atomic mass is 79.9. The molecule has 13 heavy (non-hydrogen) atoms. The van der Waals surface area contributed by atoms with Gasteiger partial charge in [0.1, 0.15) is 0 Å². The monoisotopic (exact) mass is 345 g/mol. The summed E-state index contributed by atoms with van der Waals surface area (Å²) in [5.74, 6) is 0. The summed E-state index contributed by atoms with van der Waals surface area (Å²) in [5, 5.41) is 0. The van der Waals surface area contributed by atoms with Gasteiger partial charge in [-0.2, -0.15) is 0 Å². The summed E-state index contributed by atoms with van der Waals surface area (Å²) in [6.45, 7) is 3.66. The number of hydrogen-bond acceptors (Lipinski definition) is 2. The Morgan fingerprint density at radius 1 is 1.62 bits per heavy atom. The van der Waals surface area contributed by atoms with Gasteiger partial charge in [0.05, 0.1) is 3.79 Å². The Morgan fingerprint density at radius 2 is 2.23 bits per heavy atom. The van der Waals surface area contributed by atoms with Crippen molar-refractivity contribution in [3.63, 3.8) is 0 Å². The maximum atomic E-state index is 5.89. The van der Waals surface area contributed by atoms with Crippen molar-refractivity contribution in [3.8, 4) is 0 Å². The van der Waals surface area contributed by atoms with Crippen LogP contribution in [0, 0.1) is 0 Å². The molecule has 1 nitrogen and oxygen atoms in total. The Bertz CT molecular complexity index is 268. The lowest BCUT2D eigenvalue weighted by molar-refractivity contribution is 0.757. The summed E-state index contributed by atoms with van der Waals surface area (Å²) in [6, 6.07) is 2.12. The van der Waals surface area contributed by atoms with Crippen molar-refractivity contribution in [2.75, 3.05) is 0 Å². The van der Waals surface area contributed by atoms with Gasteiger partial charge in [0.25, 0.3) is 0 Å². The average molecular weight is 348 g/mol. The molecule has 0 aliphatic carbocycles. The SMILES string of the molecule is C=CC[C@H](N)c1cc(Br)c(Br)s1.Cl. The molecule has 1 aromatic heterocycles. The van der Waals surface area contributed by atoms with Crippen LogP contribution in [0.25, 0.3) is 0 Å². The quantitative estimate of drug-likeness (QED) is 0.812. The van der Waals surface area contributed by atoms with Crippen LogP contribution < -0.4 is 5.73 Å². The zero-order chi connectivity index (χ0) is 9.14. The largest absolute Gasteiger partial charge is 0.323 e. The van der Waals surface area contributed by atoms with Crippen LogP contribution in [0.1, 0.15) is 17.3 Å². The molecule has 0 aromatic carbocycles. The van der Waals surface area contributed by atoms with Crippen LogP contribution in [0.15, 0.2) is 27.0 Å². The van der Waals surface area contributed by atoms with Gasteiger partial charge in [-0.05, 0) is 44.3 Å². The topological polar surface area (TPSA) is 26.0 Å². The highest BCUT2D eigenvalue weighted by Gasteiger charge is 2.09. The van der Waals surface area contributed by atoms with Gasteiger partial charge < -0.3 is 5.73 Å². The lowest BCUT2D eigenvalue weighted by Crippen LogP contribution is -2.06. The Hall–Kier alpha value is 0.650. The number of nitrogens with two attached hydrogens (primary N) is 1. The molecule has 0 spiro atoms. The summed E-state index contributed by atoms with van der Waals surface area (Å²) in [5.41, 5.74) is 5.89. The maximum absolute atomic E-state index is 5.89. The molecule has 0 aliphatic heterocycles. The van der Waals surface area contributed by atoms with Crippen LogP contribution >= 0.6 is 55.6 Å². The van der Waals surface area contributed by atoms with Crippen molar-refractivity contribution in [2.45, 2.75) is 12.5 Å². The maximum Gasteiger partial charge on any atom is 0.0843 e. The molecule has 0 unspecified atom stereocenters. The first-order valence-electron chi connectivity index (χ1n) is 3.46. The van der Waals surface area contributed by atoms with Gasteiger partial charge >= 0.3 is 0 Å². The summed E-state index contributed by atoms with van der Waals surface area (Å²) in [4.78, 5) is 1.17. The van der Waals surface area contributed by atoms with Crippen LogP contribution in [0.3, 0.4) is 0 Å². The molecule has 0 aliphatic rings. The summed E-state index contributed by atoms with van der Waals surface area (Å²) >= 11 is 8.50. The zero-order valence-corrected chi connectivity index (χ0v) is 11.6. The molecule has 1 atom stereocenters. The van der Waals surface area contributed by atoms with Crippen molar-refractivity contribution in [3.05, 3.63) is 31.9 Å². The van der Waals surface area contributed by atoms with Crippen LogP contribution in [0.2, 0.25) is 0 Å². The van der Waals surface area contributed by atoms with E-state index in [1.807, 2.05) is 12.1 Å². The van der Waals surface area contributed by atoms with Crippen molar-refractivity contribution < 1.29 is 0 Å². The Balaban J connectivity index is 0.00000144. The molecule has 0 fully saturated rings. The highest BCUT2D eigenvalue weighted by molar-refractivity contribution is 9.13. The van der Waals surface area contributed by atoms with Crippen molar-refractivity contribution >= 4 is 55.6 Å². The van der Waals surface area contributed by atoms with Gasteiger partial charge in [0.2, 0.25) is 0 Å². The van der Waals surface area contributed by atoms with E-state index in [-0.39, 0.29) is 18.4 Å². The van der Waals surface area contributed by atoms with E-state index in [2.05, 4.69) is 38.4 Å². The van der Waals surface area contributed by atoms with Gasteiger partial charge in [-0.25, -0.2) is 0 Å². The lowest BCUT2D eigenvalue weighted by atomic mass is 10.2. The van der Waals surface area contributed by atoms with Gasteiger partial charge in [0.15, 0.2) is 0 Å². The van der Waals surface area contributed by atoms with Crippen molar-refractivity contribution in [1.82, 2.24) is 0 Å². The number of rotatable bonds is 3. The first-order chi connectivity index (χ1) is 5.65. The predicted molar refractivity (Wildman–Crippen MR) is 68.7 cm³/mol. The summed E-state index contributed by atoms with van der Waals surface area (Å²) in [6.07, 6.45) is 2.66. The Morgan fingerprint density at radius 3 is 2.62 bits per heavy atom. The van der Waals surface area contributed by atoms with Crippen LogP contribution in [-0.2, 0) is 0 Å². The fraction of sp³-hybridized carbons (Fsp3) is 0.250. The molecule has 2 N–H and O–H groups in total. The average Bonchev–Trinajstić information content (AvgIpc) is 2.33. The highest BCUT2D eigenvalue weighted by Crippen LogP contribution is 2.35. The van der Waals surface area contributed by atoms with Gasteiger partial charge in [-0.3, -0.25) is 0 Å². The third-order valence-corrected chi connectivity index (χ3v) is 4.84. The molecule has 1 heterocycles. The molecular formula is C8H10Br2ClNS. The van der Waals surface area contributed by atoms with E-state index in [0.717, 1.165) is 14.7 Å². The first kappa shape index (κ1) is 13.7. The fourth-order valence-electron chi connectivity index (χ4n) is 0.842. The van der Waals surface area contributed by atoms with E-state index in [4.69, 9.17) is 5.73 Å². The van der Waals surface area contributed by atoms with Crippen molar-refractivity contribution in [2.24, 2.45) is 5.73 Å². The molecule has 1 aromatic rings. The number of halogens is 3. The summed E-state index contributed by atoms with van der Waals surface area (Å²) < 4.78 is 2.17. The predicted octanol–water partition coefficient (Wildman–Crippen LogP) is 4.27. The second-order valence-electron chi connectivity index (χ2n) is 2.40. The molecule has 0 amide bonds. The molecular weight excluding hydrogens is 337 g/mol. The number of hydrogen-bond donors (Lipinski definition) is 1. The van der Waals surface area contributed by atoms with E-state index >= 15 is 0 Å². The second-order valence-corrected chi connectivity index (χ2v) is 5.66. The standard InChI is InChI=1S/C8H9Br2NS.ClH/c1-2-3-6(11)7-4-5(9)8(10)12-7;/h2,4,6H,1,3,11H2;1H/t6-;/m0./s1. The fourth-order valence-corrected chi connectivity index (χ4v) is 2.95. The normalized spacial score (nSPS) is 11.9. The third kappa shape index (κ3) is 3.72. The van der Waals surface area contributed by atoms with E-state index < -0.39 is 0 Å². The zero-order valence-electron chi connectivity index (χ0n) is 6.80. The number of thiophene rings is 1. The smallest absolute Gasteiger partial charge is 0.0843 e. The minimum absolute atomic E-state index is 0. The molecule has 5 heteroatoms. The Labute approximate surface area is 105 Å². The first-order valence-corrected chi connectivity index (χ1v) is 5.86. The van der Waals surface area contributed by atoms with E-state index in [0.29, 0.717) is 0 Å². The van der Waals surface area contributed by atoms with Gasteiger partial charge in [-0.15, -0.1) is 30.3 Å². The molecule has 0 saturated heterocycles. The minimum atomic E-state index is 0. The molecule has 0 radical (unpaired) electrons. The minimum Gasteiger partial charge on any atom is -0.323 e. The van der Waals surface area contributed by atoms with Gasteiger partial charge in [0, 0.05) is 15.4 Å². The molecule has 0 saturated carbocycles. The Kier molecular flexibility index (Phi) is 6.50. The van der Waals surface area contributed by atoms with Crippen molar-refractivity contribution in [1.29, 1.82) is 0 Å². The third-order valence-electron chi connectivity index (χ3n) is 1.45. The molecule has 0 bridgehead atoms. The van der Waals surface area contributed by atoms with Crippen LogP contribution in [0.5, 0.6) is 0 Å². The lowest BCUT2D eigenvalue weighted by Gasteiger charge is -2.03. The van der Waals surface area contributed by atoms with Crippen LogP contribution in [0.4, 0.5) is 0 Å². The van der Waals surface area contributed by atoms with E-state index in [9.17, 15) is 0 Å². The molecule has 1 rings (SSSR count). The van der Waals surface area contributed by atoms with E-state index in [1.165, 1.54) is 4.88 Å². The summed E-state index contributed by atoms with van der Waals surface area (Å²) in [7, 11) is 0.